The maximum atomic E-state index is 12.4. The Morgan fingerprint density at radius 3 is 2.38 bits per heavy atom. The van der Waals surface area contributed by atoms with Crippen LogP contribution in [0.4, 0.5) is 0 Å². The maximum Gasteiger partial charge on any atom is 0.243 e. The second-order valence-corrected chi connectivity index (χ2v) is 6.15. The minimum absolute atomic E-state index is 0.189. The predicted molar refractivity (Wildman–Crippen MR) is 89.7 cm³/mol. The van der Waals surface area contributed by atoms with Gasteiger partial charge in [0.15, 0.2) is 0 Å². The van der Waals surface area contributed by atoms with Gasteiger partial charge in [-0.05, 0) is 37.8 Å². The molecule has 0 heterocycles. The molecular weight excluding hydrogens is 308 g/mol. The summed E-state index contributed by atoms with van der Waals surface area (Å²) >= 11 is 0. The van der Waals surface area contributed by atoms with Gasteiger partial charge in [0, 0.05) is 0 Å². The lowest BCUT2D eigenvalue weighted by atomic mass is 10.1. The van der Waals surface area contributed by atoms with Crippen molar-refractivity contribution in [2.24, 2.45) is 11.5 Å². The van der Waals surface area contributed by atoms with Crippen molar-refractivity contribution < 1.29 is 14.4 Å². The van der Waals surface area contributed by atoms with Gasteiger partial charge < -0.3 is 22.1 Å². The zero-order chi connectivity index (χ0) is 17.6. The number of nitrogens with one attached hydrogen (secondary N) is 2. The van der Waals surface area contributed by atoms with Crippen LogP contribution in [0.3, 0.4) is 0 Å². The molecule has 0 unspecified atom stereocenters. The average molecular weight is 332 g/mol. The second kappa shape index (κ2) is 7.92. The zero-order valence-corrected chi connectivity index (χ0v) is 13.6. The van der Waals surface area contributed by atoms with Crippen molar-refractivity contribution >= 4 is 17.7 Å². The molecule has 1 aromatic carbocycles. The molecule has 3 amide bonds. The largest absolute Gasteiger partial charge is 0.368 e. The molecule has 0 bridgehead atoms. The van der Waals surface area contributed by atoms with Crippen LogP contribution in [0.2, 0.25) is 0 Å². The third-order valence-corrected chi connectivity index (χ3v) is 4.14. The summed E-state index contributed by atoms with van der Waals surface area (Å²) in [7, 11) is 0. The van der Waals surface area contributed by atoms with Gasteiger partial charge in [0.2, 0.25) is 17.7 Å². The fraction of sp³-hybridized carbons (Fsp3) is 0.471. The highest BCUT2D eigenvalue weighted by atomic mass is 16.2. The van der Waals surface area contributed by atoms with Crippen LogP contribution >= 0.6 is 0 Å². The molecule has 6 N–H and O–H groups in total. The van der Waals surface area contributed by atoms with E-state index in [4.69, 9.17) is 11.5 Å². The molecule has 1 aromatic rings. The van der Waals surface area contributed by atoms with Crippen molar-refractivity contribution in [2.45, 2.75) is 43.7 Å². The summed E-state index contributed by atoms with van der Waals surface area (Å²) in [5.74, 6) is -1.17. The molecule has 1 saturated carbocycles. The van der Waals surface area contributed by atoms with E-state index < -0.39 is 17.5 Å². The number of rotatable bonds is 9. The van der Waals surface area contributed by atoms with E-state index in [1.54, 1.807) is 0 Å². The van der Waals surface area contributed by atoms with Gasteiger partial charge >= 0.3 is 0 Å². The van der Waals surface area contributed by atoms with E-state index in [1.165, 1.54) is 0 Å². The number of hydrogen-bond donors (Lipinski definition) is 4. The van der Waals surface area contributed by atoms with E-state index in [-0.39, 0.29) is 18.2 Å². The molecule has 130 valence electrons. The number of amides is 3. The lowest BCUT2D eigenvalue weighted by Crippen LogP contribution is -2.54. The van der Waals surface area contributed by atoms with E-state index >= 15 is 0 Å². The second-order valence-electron chi connectivity index (χ2n) is 6.15. The SMILES string of the molecule is NCCC[C@@H](NC(=O)Cc1ccccc1)C(=O)NC1(C(N)=O)CC1. The molecule has 0 saturated heterocycles. The fourth-order valence-electron chi connectivity index (χ4n) is 2.50. The molecule has 1 atom stereocenters. The summed E-state index contributed by atoms with van der Waals surface area (Å²) in [6, 6.07) is 8.55. The molecule has 0 aliphatic heterocycles. The van der Waals surface area contributed by atoms with Crippen LogP contribution in [0.15, 0.2) is 30.3 Å². The first-order valence-corrected chi connectivity index (χ1v) is 8.12. The smallest absolute Gasteiger partial charge is 0.243 e. The highest BCUT2D eigenvalue weighted by molar-refractivity contribution is 5.95. The van der Waals surface area contributed by atoms with Gasteiger partial charge in [0.1, 0.15) is 11.6 Å². The van der Waals surface area contributed by atoms with Crippen molar-refractivity contribution in [3.63, 3.8) is 0 Å². The molecule has 1 aliphatic rings. The number of primary amides is 1. The Hall–Kier alpha value is -2.41. The first-order valence-electron chi connectivity index (χ1n) is 8.12. The first kappa shape index (κ1) is 17.9. The number of benzene rings is 1. The number of hydrogen-bond acceptors (Lipinski definition) is 4. The van der Waals surface area contributed by atoms with Crippen LogP contribution in [0.25, 0.3) is 0 Å². The van der Waals surface area contributed by atoms with Gasteiger partial charge in [-0.1, -0.05) is 30.3 Å². The number of carbonyl (C=O) groups excluding carboxylic acids is 3. The summed E-state index contributed by atoms with van der Waals surface area (Å²) in [4.78, 5) is 36.0. The van der Waals surface area contributed by atoms with Gasteiger partial charge in [-0.3, -0.25) is 14.4 Å². The van der Waals surface area contributed by atoms with E-state index in [0.29, 0.717) is 32.2 Å². The van der Waals surface area contributed by atoms with Gasteiger partial charge in [-0.25, -0.2) is 0 Å². The van der Waals surface area contributed by atoms with Crippen LogP contribution in [0.5, 0.6) is 0 Å². The zero-order valence-electron chi connectivity index (χ0n) is 13.6. The van der Waals surface area contributed by atoms with Gasteiger partial charge in [0.05, 0.1) is 6.42 Å². The molecule has 1 fully saturated rings. The van der Waals surface area contributed by atoms with E-state index in [2.05, 4.69) is 10.6 Å². The van der Waals surface area contributed by atoms with Crippen molar-refractivity contribution in [3.05, 3.63) is 35.9 Å². The van der Waals surface area contributed by atoms with Crippen molar-refractivity contribution in [3.8, 4) is 0 Å². The van der Waals surface area contributed by atoms with Crippen LogP contribution in [0, 0.1) is 0 Å². The Kier molecular flexibility index (Phi) is 5.92. The van der Waals surface area contributed by atoms with Crippen molar-refractivity contribution in [1.82, 2.24) is 10.6 Å². The Morgan fingerprint density at radius 1 is 1.17 bits per heavy atom. The summed E-state index contributed by atoms with van der Waals surface area (Å²) in [6.07, 6.45) is 2.27. The topological polar surface area (TPSA) is 127 Å². The number of carbonyl (C=O) groups is 3. The Morgan fingerprint density at radius 2 is 1.83 bits per heavy atom. The molecular formula is C17H24N4O3. The Bertz CT molecular complexity index is 599. The highest BCUT2D eigenvalue weighted by Gasteiger charge is 2.50. The molecule has 0 aromatic heterocycles. The highest BCUT2D eigenvalue weighted by Crippen LogP contribution is 2.34. The van der Waals surface area contributed by atoms with Gasteiger partial charge in [-0.15, -0.1) is 0 Å². The Labute approximate surface area is 141 Å². The van der Waals surface area contributed by atoms with E-state index in [0.717, 1.165) is 5.56 Å². The van der Waals surface area contributed by atoms with Gasteiger partial charge in [-0.2, -0.15) is 0 Å². The third-order valence-electron chi connectivity index (χ3n) is 4.14. The van der Waals surface area contributed by atoms with E-state index in [9.17, 15) is 14.4 Å². The minimum atomic E-state index is -0.942. The number of nitrogens with two attached hydrogens (primary N) is 2. The lowest BCUT2D eigenvalue weighted by molar-refractivity contribution is -0.132. The fourth-order valence-corrected chi connectivity index (χ4v) is 2.50. The average Bonchev–Trinajstić information content (AvgIpc) is 3.33. The maximum absolute atomic E-state index is 12.4. The van der Waals surface area contributed by atoms with Crippen LogP contribution in [-0.2, 0) is 20.8 Å². The summed E-state index contributed by atoms with van der Waals surface area (Å²) in [5, 5.41) is 5.41. The standard InChI is InChI=1S/C17H24N4O3/c18-10-4-7-13(15(23)21-17(8-9-17)16(19)24)20-14(22)11-12-5-2-1-3-6-12/h1-3,5-6,13H,4,7-11,18H2,(H2,19,24)(H,20,22)(H,21,23)/t13-/m1/s1. The molecule has 24 heavy (non-hydrogen) atoms. The summed E-state index contributed by atoms with van der Waals surface area (Å²) < 4.78 is 0. The molecule has 0 spiro atoms. The molecule has 1 aliphatic carbocycles. The van der Waals surface area contributed by atoms with Crippen LogP contribution in [-0.4, -0.2) is 35.8 Å². The molecule has 7 nitrogen and oxygen atoms in total. The molecule has 2 rings (SSSR count). The van der Waals surface area contributed by atoms with Crippen LogP contribution < -0.4 is 22.1 Å². The molecule has 0 radical (unpaired) electrons. The lowest BCUT2D eigenvalue weighted by Gasteiger charge is -2.21. The monoisotopic (exact) mass is 332 g/mol. The van der Waals surface area contributed by atoms with Crippen LogP contribution in [0.1, 0.15) is 31.2 Å². The predicted octanol–water partition coefficient (Wildman–Crippen LogP) is -0.413. The normalized spacial score (nSPS) is 16.0. The summed E-state index contributed by atoms with van der Waals surface area (Å²) in [5.41, 5.74) is 10.7. The Balaban J connectivity index is 1.95. The summed E-state index contributed by atoms with van der Waals surface area (Å²) in [6.45, 7) is 0.416. The van der Waals surface area contributed by atoms with Crippen molar-refractivity contribution in [1.29, 1.82) is 0 Å². The quantitative estimate of drug-likeness (QED) is 0.490. The third kappa shape index (κ3) is 4.79. The van der Waals surface area contributed by atoms with Crippen molar-refractivity contribution in [2.75, 3.05) is 6.54 Å². The minimum Gasteiger partial charge on any atom is -0.368 e. The molecule has 7 heteroatoms. The van der Waals surface area contributed by atoms with E-state index in [1.807, 2.05) is 30.3 Å². The van der Waals surface area contributed by atoms with Gasteiger partial charge in [0.25, 0.3) is 0 Å². The first-order chi connectivity index (χ1) is 11.5.